The van der Waals surface area contributed by atoms with Crippen molar-refractivity contribution >= 4 is 21.8 Å². The quantitative estimate of drug-likeness (QED) is 0.291. The van der Waals surface area contributed by atoms with E-state index in [2.05, 4.69) is 25.0 Å². The summed E-state index contributed by atoms with van der Waals surface area (Å²) in [6, 6.07) is 16.1. The van der Waals surface area contributed by atoms with Crippen molar-refractivity contribution in [3.05, 3.63) is 78.8 Å². The van der Waals surface area contributed by atoms with Gasteiger partial charge in [0.25, 0.3) is 0 Å². The van der Waals surface area contributed by atoms with Crippen molar-refractivity contribution in [2.75, 3.05) is 25.5 Å². The third-order valence-electron chi connectivity index (χ3n) is 5.53. The van der Waals surface area contributed by atoms with E-state index in [0.717, 1.165) is 16.8 Å². The molecule has 0 fully saturated rings. The number of aromatic nitrogens is 4. The summed E-state index contributed by atoms with van der Waals surface area (Å²) in [6.45, 7) is 2.37. The molecule has 0 spiro atoms. The number of aryl methyl sites for hydroxylation is 1. The van der Waals surface area contributed by atoms with Crippen molar-refractivity contribution < 1.29 is 17.6 Å². The Morgan fingerprint density at radius 1 is 1.06 bits per heavy atom. The first kappa shape index (κ1) is 23.5. The number of benzene rings is 2. The Morgan fingerprint density at radius 2 is 1.89 bits per heavy atom. The zero-order valence-corrected chi connectivity index (χ0v) is 20.5. The summed E-state index contributed by atoms with van der Waals surface area (Å²) in [5.74, 6) is 1.50. The Hall–Kier alpha value is -4.22. The number of hydrogen-bond acceptors (Lipinski definition) is 8. The molecule has 0 saturated heterocycles. The van der Waals surface area contributed by atoms with Gasteiger partial charge in [0.15, 0.2) is 0 Å². The second-order valence-corrected chi connectivity index (χ2v) is 9.77. The highest BCUT2D eigenvalue weighted by Crippen LogP contribution is 2.33. The molecule has 0 radical (unpaired) electrons. The topological polar surface area (TPSA) is 124 Å². The molecule has 0 unspecified atom stereocenters. The van der Waals surface area contributed by atoms with Gasteiger partial charge in [-0.15, -0.1) is 0 Å². The monoisotopic (exact) mass is 504 g/mol. The van der Waals surface area contributed by atoms with Crippen LogP contribution in [-0.4, -0.2) is 48.0 Å². The number of anilines is 1. The molecule has 5 rings (SSSR count). The van der Waals surface area contributed by atoms with E-state index in [1.54, 1.807) is 56.1 Å². The molecule has 0 aliphatic carbocycles. The van der Waals surface area contributed by atoms with Crippen LogP contribution in [0.2, 0.25) is 0 Å². The van der Waals surface area contributed by atoms with Gasteiger partial charge in [-0.2, -0.15) is 4.98 Å². The van der Waals surface area contributed by atoms with Crippen molar-refractivity contribution in [1.29, 1.82) is 0 Å². The van der Waals surface area contributed by atoms with Crippen molar-refractivity contribution in [2.24, 2.45) is 0 Å². The molecule has 0 aliphatic heterocycles. The number of nitrogens with zero attached hydrogens (tertiary/aromatic N) is 4. The van der Waals surface area contributed by atoms with Crippen molar-refractivity contribution in [2.45, 2.75) is 11.8 Å². The Labute approximate surface area is 208 Å². The molecule has 3 heterocycles. The van der Waals surface area contributed by atoms with Crippen LogP contribution in [0.1, 0.15) is 5.56 Å². The molecule has 2 aromatic carbocycles. The maximum absolute atomic E-state index is 12.5. The lowest BCUT2D eigenvalue weighted by Gasteiger charge is -2.10. The third kappa shape index (κ3) is 4.79. The molecule has 0 atom stereocenters. The molecule has 184 valence electrons. The van der Waals surface area contributed by atoms with Crippen LogP contribution in [-0.2, 0) is 10.0 Å². The highest BCUT2D eigenvalue weighted by Gasteiger charge is 2.20. The highest BCUT2D eigenvalue weighted by atomic mass is 32.2. The minimum atomic E-state index is -3.60. The van der Waals surface area contributed by atoms with E-state index in [9.17, 15) is 8.42 Å². The molecule has 36 heavy (non-hydrogen) atoms. The number of oxazole rings is 1. The average Bonchev–Trinajstić information content (AvgIpc) is 3.49. The van der Waals surface area contributed by atoms with Crippen LogP contribution in [0.25, 0.3) is 28.5 Å². The van der Waals surface area contributed by atoms with Gasteiger partial charge in [-0.3, -0.25) is 4.40 Å². The molecule has 3 aromatic heterocycles. The van der Waals surface area contributed by atoms with Crippen LogP contribution < -0.4 is 14.8 Å². The van der Waals surface area contributed by atoms with Gasteiger partial charge < -0.3 is 14.5 Å². The highest BCUT2D eigenvalue weighted by molar-refractivity contribution is 7.89. The van der Waals surface area contributed by atoms with Gasteiger partial charge in [-0.25, -0.2) is 23.1 Å². The van der Waals surface area contributed by atoms with Gasteiger partial charge in [-0.1, -0.05) is 29.8 Å². The standard InChI is InChI=1S/C25H24N6O4S/c1-17-6-8-20(9-7-17)36(32,33)28-13-12-27-24-26-11-10-21(29-24)23-22(30-25-31(23)14-15-35-25)18-4-3-5-19(16-18)34-2/h3-11,14-16,28H,12-13H2,1-2H3,(H,26,27,29). The fourth-order valence-corrected chi connectivity index (χ4v) is 4.77. The lowest BCUT2D eigenvalue weighted by Crippen LogP contribution is -2.29. The predicted molar refractivity (Wildman–Crippen MR) is 135 cm³/mol. The Balaban J connectivity index is 1.35. The SMILES string of the molecule is COc1cccc(-c2nc3occn3c2-c2ccnc(NCCNS(=O)(=O)c3ccc(C)cc3)n2)c1. The van der Waals surface area contributed by atoms with Crippen LogP contribution in [0.3, 0.4) is 0 Å². The minimum Gasteiger partial charge on any atom is -0.497 e. The fourth-order valence-electron chi connectivity index (χ4n) is 3.74. The first-order chi connectivity index (χ1) is 17.4. The lowest BCUT2D eigenvalue weighted by atomic mass is 10.1. The Kier molecular flexibility index (Phi) is 6.40. The van der Waals surface area contributed by atoms with Crippen LogP contribution in [0.5, 0.6) is 5.75 Å². The van der Waals surface area contributed by atoms with Gasteiger partial charge >= 0.3 is 5.84 Å². The van der Waals surface area contributed by atoms with E-state index in [1.807, 2.05) is 35.6 Å². The second-order valence-electron chi connectivity index (χ2n) is 8.00. The van der Waals surface area contributed by atoms with E-state index in [-0.39, 0.29) is 11.4 Å². The summed E-state index contributed by atoms with van der Waals surface area (Å²) in [5, 5.41) is 3.08. The van der Waals surface area contributed by atoms with Gasteiger partial charge in [-0.05, 0) is 37.3 Å². The summed E-state index contributed by atoms with van der Waals surface area (Å²) in [6.07, 6.45) is 4.97. The summed E-state index contributed by atoms with van der Waals surface area (Å²) >= 11 is 0. The minimum absolute atomic E-state index is 0.164. The molecule has 10 nitrogen and oxygen atoms in total. The van der Waals surface area contributed by atoms with E-state index in [1.165, 1.54) is 0 Å². The van der Waals surface area contributed by atoms with E-state index >= 15 is 0 Å². The first-order valence-corrected chi connectivity index (χ1v) is 12.7. The molecule has 2 N–H and O–H groups in total. The van der Waals surface area contributed by atoms with Crippen molar-refractivity contribution in [1.82, 2.24) is 24.1 Å². The summed E-state index contributed by atoms with van der Waals surface area (Å²) in [4.78, 5) is 13.8. The Morgan fingerprint density at radius 3 is 2.69 bits per heavy atom. The van der Waals surface area contributed by atoms with Gasteiger partial charge in [0.2, 0.25) is 16.0 Å². The lowest BCUT2D eigenvalue weighted by molar-refractivity contribution is 0.415. The maximum atomic E-state index is 12.5. The second kappa shape index (κ2) is 9.80. The number of rotatable bonds is 9. The number of nitrogens with one attached hydrogen (secondary N) is 2. The first-order valence-electron chi connectivity index (χ1n) is 11.2. The fraction of sp³-hybridized carbons (Fsp3) is 0.160. The molecule has 5 aromatic rings. The molecular weight excluding hydrogens is 480 g/mol. The summed E-state index contributed by atoms with van der Waals surface area (Å²) in [7, 11) is -1.98. The zero-order chi connectivity index (χ0) is 25.1. The number of imidazole rings is 1. The molecule has 0 aliphatic rings. The smallest absolute Gasteiger partial charge is 0.306 e. The summed E-state index contributed by atoms with van der Waals surface area (Å²) in [5.41, 5.74) is 3.88. The number of sulfonamides is 1. The molecule has 11 heteroatoms. The number of ether oxygens (including phenoxy) is 1. The van der Waals surface area contributed by atoms with Crippen LogP contribution in [0.4, 0.5) is 5.95 Å². The van der Waals surface area contributed by atoms with E-state index < -0.39 is 10.0 Å². The largest absolute Gasteiger partial charge is 0.497 e. The number of hydrogen-bond donors (Lipinski definition) is 2. The van der Waals surface area contributed by atoms with Crippen LogP contribution >= 0.6 is 0 Å². The summed E-state index contributed by atoms with van der Waals surface area (Å²) < 4.78 is 40.3. The van der Waals surface area contributed by atoms with Crippen LogP contribution in [0.15, 0.2) is 82.6 Å². The van der Waals surface area contributed by atoms with Crippen LogP contribution in [0, 0.1) is 6.92 Å². The number of methoxy groups -OCH3 is 1. The third-order valence-corrected chi connectivity index (χ3v) is 7.01. The normalized spacial score (nSPS) is 11.6. The molecule has 0 saturated carbocycles. The van der Waals surface area contributed by atoms with Gasteiger partial charge in [0.05, 0.1) is 17.7 Å². The van der Waals surface area contributed by atoms with Gasteiger partial charge in [0, 0.05) is 31.0 Å². The predicted octanol–water partition coefficient (Wildman–Crippen LogP) is 3.76. The zero-order valence-electron chi connectivity index (χ0n) is 19.7. The molecule has 0 amide bonds. The molecular formula is C25H24N6O4S. The Bertz CT molecular complexity index is 1610. The number of fused-ring (bicyclic) bond motifs is 1. The van der Waals surface area contributed by atoms with E-state index in [4.69, 9.17) is 9.15 Å². The van der Waals surface area contributed by atoms with Crippen molar-refractivity contribution in [3.8, 4) is 28.4 Å². The van der Waals surface area contributed by atoms with Gasteiger partial charge in [0.1, 0.15) is 23.4 Å². The maximum Gasteiger partial charge on any atom is 0.306 e. The van der Waals surface area contributed by atoms with E-state index in [0.29, 0.717) is 35.5 Å². The van der Waals surface area contributed by atoms with Crippen molar-refractivity contribution in [3.63, 3.8) is 0 Å². The average molecular weight is 505 g/mol. The molecule has 0 bridgehead atoms.